The van der Waals surface area contributed by atoms with Gasteiger partial charge in [0.1, 0.15) is 5.01 Å². The van der Waals surface area contributed by atoms with Gasteiger partial charge in [-0.2, -0.15) is 0 Å². The van der Waals surface area contributed by atoms with Crippen LogP contribution >= 0.6 is 11.3 Å². The van der Waals surface area contributed by atoms with Crippen LogP contribution in [0, 0.1) is 6.92 Å². The number of carbonyl (C=O) groups excluding carboxylic acids is 1. The molecule has 2 rings (SSSR count). The maximum atomic E-state index is 12.3. The van der Waals surface area contributed by atoms with Gasteiger partial charge >= 0.3 is 0 Å². The van der Waals surface area contributed by atoms with E-state index in [-0.39, 0.29) is 11.4 Å². The van der Waals surface area contributed by atoms with Crippen LogP contribution in [0.5, 0.6) is 0 Å². The summed E-state index contributed by atoms with van der Waals surface area (Å²) < 4.78 is 0. The van der Waals surface area contributed by atoms with E-state index in [1.807, 2.05) is 43.5 Å². The molecule has 0 aliphatic rings. The fraction of sp³-hybridized carbons (Fsp3) is 0.375. The van der Waals surface area contributed by atoms with E-state index in [0.717, 1.165) is 22.6 Å². The molecule has 20 heavy (non-hydrogen) atoms. The predicted octanol–water partition coefficient (Wildman–Crippen LogP) is 3.44. The molecule has 106 valence electrons. The van der Waals surface area contributed by atoms with E-state index < -0.39 is 0 Å². The lowest BCUT2D eigenvalue weighted by Crippen LogP contribution is -2.43. The van der Waals surface area contributed by atoms with Gasteiger partial charge in [0.2, 0.25) is 5.91 Å². The highest BCUT2D eigenvalue weighted by Gasteiger charge is 2.29. The van der Waals surface area contributed by atoms with Crippen LogP contribution in [0.15, 0.2) is 35.8 Å². The van der Waals surface area contributed by atoms with Crippen LogP contribution in [0.25, 0.3) is 0 Å². The Labute approximate surface area is 124 Å². The van der Waals surface area contributed by atoms with Crippen LogP contribution in [0.2, 0.25) is 0 Å². The molecule has 0 saturated carbocycles. The van der Waals surface area contributed by atoms with Crippen molar-refractivity contribution in [3.05, 3.63) is 52.0 Å². The summed E-state index contributed by atoms with van der Waals surface area (Å²) >= 11 is 1.58. The van der Waals surface area contributed by atoms with Crippen molar-refractivity contribution in [2.24, 2.45) is 0 Å². The van der Waals surface area contributed by atoms with E-state index in [0.29, 0.717) is 6.42 Å². The first-order chi connectivity index (χ1) is 9.55. The van der Waals surface area contributed by atoms with Crippen molar-refractivity contribution in [2.45, 2.75) is 39.2 Å². The van der Waals surface area contributed by atoms with Crippen molar-refractivity contribution in [2.75, 3.05) is 0 Å². The Balaban J connectivity index is 2.09. The zero-order chi connectivity index (χ0) is 14.6. The summed E-state index contributed by atoms with van der Waals surface area (Å²) in [4.78, 5) is 16.6. The van der Waals surface area contributed by atoms with Gasteiger partial charge in [0.25, 0.3) is 0 Å². The Morgan fingerprint density at radius 2 is 2.15 bits per heavy atom. The third-order valence-electron chi connectivity index (χ3n) is 3.64. The summed E-state index contributed by atoms with van der Waals surface area (Å²) in [5.74, 6) is 0.0406. The molecule has 1 unspecified atom stereocenters. The fourth-order valence-electron chi connectivity index (χ4n) is 2.12. The van der Waals surface area contributed by atoms with E-state index in [2.05, 4.69) is 17.2 Å². The van der Waals surface area contributed by atoms with Crippen LogP contribution in [0.4, 0.5) is 0 Å². The van der Waals surface area contributed by atoms with Gasteiger partial charge in [-0.25, -0.2) is 4.98 Å². The van der Waals surface area contributed by atoms with Crippen LogP contribution in [0.1, 0.15) is 36.4 Å². The summed E-state index contributed by atoms with van der Waals surface area (Å²) in [7, 11) is 0. The number of aryl methyl sites for hydroxylation is 1. The van der Waals surface area contributed by atoms with Gasteiger partial charge in [-0.15, -0.1) is 11.3 Å². The zero-order valence-corrected chi connectivity index (χ0v) is 13.0. The number of hydrogen-bond acceptors (Lipinski definition) is 3. The Morgan fingerprint density at radius 3 is 2.75 bits per heavy atom. The molecule has 0 bridgehead atoms. The first-order valence-electron chi connectivity index (χ1n) is 6.80. The second-order valence-corrected chi connectivity index (χ2v) is 6.07. The Kier molecular flexibility index (Phi) is 4.55. The molecular weight excluding hydrogens is 268 g/mol. The molecule has 0 spiro atoms. The molecular formula is C16H20N2OS. The first kappa shape index (κ1) is 14.7. The number of carbonyl (C=O) groups is 1. The summed E-state index contributed by atoms with van der Waals surface area (Å²) in [6.45, 7) is 6.12. The lowest BCUT2D eigenvalue weighted by atomic mass is 9.98. The van der Waals surface area contributed by atoms with Gasteiger partial charge in [0, 0.05) is 11.6 Å². The van der Waals surface area contributed by atoms with Crippen LogP contribution in [-0.4, -0.2) is 10.9 Å². The number of nitrogens with zero attached hydrogens (tertiary/aromatic N) is 1. The SMILES string of the molecule is CCC(C)(NC(=O)Cc1ccccc1C)c1nccs1. The molecule has 4 heteroatoms. The quantitative estimate of drug-likeness (QED) is 0.915. The highest BCUT2D eigenvalue weighted by atomic mass is 32.1. The minimum absolute atomic E-state index is 0.0406. The highest BCUT2D eigenvalue weighted by molar-refractivity contribution is 7.09. The number of thiazole rings is 1. The topological polar surface area (TPSA) is 42.0 Å². The normalized spacial score (nSPS) is 13.8. The number of nitrogens with one attached hydrogen (secondary N) is 1. The van der Waals surface area contributed by atoms with Crippen LogP contribution < -0.4 is 5.32 Å². The number of rotatable bonds is 5. The maximum Gasteiger partial charge on any atom is 0.225 e. The summed E-state index contributed by atoms with van der Waals surface area (Å²) in [5.41, 5.74) is 1.84. The average molecular weight is 288 g/mol. The molecule has 0 radical (unpaired) electrons. The molecule has 0 fully saturated rings. The summed E-state index contributed by atoms with van der Waals surface area (Å²) in [6.07, 6.45) is 3.01. The van der Waals surface area contributed by atoms with Gasteiger partial charge in [0.15, 0.2) is 0 Å². The van der Waals surface area contributed by atoms with Gasteiger partial charge in [-0.1, -0.05) is 31.2 Å². The molecule has 3 nitrogen and oxygen atoms in total. The van der Waals surface area contributed by atoms with Crippen molar-refractivity contribution in [3.63, 3.8) is 0 Å². The van der Waals surface area contributed by atoms with Crippen molar-refractivity contribution in [3.8, 4) is 0 Å². The monoisotopic (exact) mass is 288 g/mol. The van der Waals surface area contributed by atoms with E-state index in [9.17, 15) is 4.79 Å². The summed E-state index contributed by atoms with van der Waals surface area (Å²) in [6, 6.07) is 7.99. The van der Waals surface area contributed by atoms with Crippen molar-refractivity contribution < 1.29 is 4.79 Å². The molecule has 2 aromatic rings. The third kappa shape index (κ3) is 3.25. The number of benzene rings is 1. The van der Waals surface area contributed by atoms with Crippen molar-refractivity contribution >= 4 is 17.2 Å². The molecule has 1 atom stereocenters. The molecule has 1 N–H and O–H groups in total. The zero-order valence-electron chi connectivity index (χ0n) is 12.1. The number of amides is 1. The van der Waals surface area contributed by atoms with Gasteiger partial charge in [-0.05, 0) is 31.4 Å². The lowest BCUT2D eigenvalue weighted by molar-refractivity contribution is -0.122. The molecule has 0 saturated heterocycles. The molecule has 1 heterocycles. The summed E-state index contributed by atoms with van der Waals surface area (Å²) in [5, 5.41) is 6.03. The second kappa shape index (κ2) is 6.18. The lowest BCUT2D eigenvalue weighted by Gasteiger charge is -2.27. The van der Waals surface area contributed by atoms with E-state index in [1.165, 1.54) is 0 Å². The Hall–Kier alpha value is -1.68. The molecule has 1 aromatic carbocycles. The van der Waals surface area contributed by atoms with Crippen molar-refractivity contribution in [1.82, 2.24) is 10.3 Å². The molecule has 1 aromatic heterocycles. The minimum Gasteiger partial charge on any atom is -0.344 e. The van der Waals surface area contributed by atoms with Gasteiger partial charge in [-0.3, -0.25) is 4.79 Å². The number of hydrogen-bond donors (Lipinski definition) is 1. The fourth-order valence-corrected chi connectivity index (χ4v) is 2.95. The number of aromatic nitrogens is 1. The Bertz CT molecular complexity index is 580. The average Bonchev–Trinajstić information content (AvgIpc) is 2.96. The van der Waals surface area contributed by atoms with E-state index in [4.69, 9.17) is 0 Å². The standard InChI is InChI=1S/C16H20N2OS/c1-4-16(3,15-17-9-10-20-15)18-14(19)11-13-8-6-5-7-12(13)2/h5-10H,4,11H2,1-3H3,(H,18,19). The predicted molar refractivity (Wildman–Crippen MR) is 82.8 cm³/mol. The smallest absolute Gasteiger partial charge is 0.225 e. The third-order valence-corrected chi connectivity index (χ3v) is 4.68. The van der Waals surface area contributed by atoms with E-state index >= 15 is 0 Å². The molecule has 0 aliphatic carbocycles. The molecule has 0 aliphatic heterocycles. The van der Waals surface area contributed by atoms with Crippen molar-refractivity contribution in [1.29, 1.82) is 0 Å². The van der Waals surface area contributed by atoms with Crippen LogP contribution in [-0.2, 0) is 16.8 Å². The van der Waals surface area contributed by atoms with E-state index in [1.54, 1.807) is 17.5 Å². The van der Waals surface area contributed by atoms with Gasteiger partial charge in [0.05, 0.1) is 12.0 Å². The van der Waals surface area contributed by atoms with Crippen LogP contribution in [0.3, 0.4) is 0 Å². The Morgan fingerprint density at radius 1 is 1.40 bits per heavy atom. The maximum absolute atomic E-state index is 12.3. The molecule has 1 amide bonds. The second-order valence-electron chi connectivity index (χ2n) is 5.17. The minimum atomic E-state index is -0.381. The first-order valence-corrected chi connectivity index (χ1v) is 7.68. The van der Waals surface area contributed by atoms with Gasteiger partial charge < -0.3 is 5.32 Å². The highest BCUT2D eigenvalue weighted by Crippen LogP contribution is 2.26. The largest absolute Gasteiger partial charge is 0.344 e.